The smallest absolute Gasteiger partial charge is 0.410 e. The Morgan fingerprint density at radius 2 is 2.19 bits per heavy atom. The number of ether oxygens (including phenoxy) is 2. The van der Waals surface area contributed by atoms with Gasteiger partial charge >= 0.3 is 12.1 Å². The molecule has 2 heterocycles. The van der Waals surface area contributed by atoms with Crippen molar-refractivity contribution in [2.24, 2.45) is 5.92 Å². The van der Waals surface area contributed by atoms with Gasteiger partial charge in [0.05, 0.1) is 12.0 Å². The molecule has 90 valence electrons. The summed E-state index contributed by atoms with van der Waals surface area (Å²) in [6, 6.07) is -0.123. The maximum Gasteiger partial charge on any atom is 0.410 e. The molecule has 2 rings (SSSR count). The van der Waals surface area contributed by atoms with E-state index in [0.717, 1.165) is 0 Å². The van der Waals surface area contributed by atoms with Crippen molar-refractivity contribution in [3.63, 3.8) is 0 Å². The first-order chi connectivity index (χ1) is 7.38. The Labute approximate surface area is 94.7 Å². The van der Waals surface area contributed by atoms with E-state index in [1.165, 1.54) is 0 Å². The summed E-state index contributed by atoms with van der Waals surface area (Å²) >= 11 is 0. The van der Waals surface area contributed by atoms with Crippen LogP contribution in [0.1, 0.15) is 27.2 Å². The number of fused-ring (bicyclic) bond motifs is 1. The number of rotatable bonds is 0. The van der Waals surface area contributed by atoms with E-state index in [2.05, 4.69) is 0 Å². The van der Waals surface area contributed by atoms with Crippen LogP contribution in [0.4, 0.5) is 4.79 Å². The minimum atomic E-state index is -0.501. The summed E-state index contributed by atoms with van der Waals surface area (Å²) in [6.45, 7) is 6.38. The van der Waals surface area contributed by atoms with E-state index in [1.54, 1.807) is 4.90 Å². The number of hydrogen-bond donors (Lipinski definition) is 0. The molecule has 1 amide bonds. The zero-order chi connectivity index (χ0) is 11.9. The summed E-state index contributed by atoms with van der Waals surface area (Å²) < 4.78 is 10.2. The highest BCUT2D eigenvalue weighted by Gasteiger charge is 2.48. The number of likely N-dealkylation sites (tertiary alicyclic amines) is 1. The molecule has 2 unspecified atom stereocenters. The normalized spacial score (nSPS) is 28.9. The Morgan fingerprint density at radius 3 is 2.81 bits per heavy atom. The lowest BCUT2D eigenvalue weighted by Crippen LogP contribution is -2.41. The van der Waals surface area contributed by atoms with E-state index in [-0.39, 0.29) is 24.0 Å². The van der Waals surface area contributed by atoms with Crippen molar-refractivity contribution < 1.29 is 19.1 Å². The molecular weight excluding hydrogens is 210 g/mol. The van der Waals surface area contributed by atoms with Gasteiger partial charge in [-0.15, -0.1) is 0 Å². The topological polar surface area (TPSA) is 55.8 Å². The van der Waals surface area contributed by atoms with Crippen molar-refractivity contribution in [3.05, 3.63) is 0 Å². The molecule has 2 fully saturated rings. The van der Waals surface area contributed by atoms with Gasteiger partial charge in [-0.1, -0.05) is 0 Å². The van der Waals surface area contributed by atoms with Gasteiger partial charge < -0.3 is 14.4 Å². The molecule has 0 bridgehead atoms. The molecule has 0 aliphatic carbocycles. The second-order valence-electron chi connectivity index (χ2n) is 5.27. The molecule has 0 aromatic rings. The lowest BCUT2D eigenvalue weighted by Gasteiger charge is -2.27. The minimum Gasteiger partial charge on any atom is -0.463 e. The average molecular weight is 227 g/mol. The van der Waals surface area contributed by atoms with Gasteiger partial charge in [0.15, 0.2) is 0 Å². The molecular formula is C11H17NO4. The molecule has 5 heteroatoms. The van der Waals surface area contributed by atoms with Crippen molar-refractivity contribution in [1.82, 2.24) is 4.90 Å². The van der Waals surface area contributed by atoms with Crippen LogP contribution in [-0.4, -0.2) is 41.8 Å². The summed E-state index contributed by atoms with van der Waals surface area (Å²) in [7, 11) is 0. The second-order valence-corrected chi connectivity index (χ2v) is 5.27. The monoisotopic (exact) mass is 227 g/mol. The van der Waals surface area contributed by atoms with Gasteiger partial charge in [-0.05, 0) is 27.2 Å². The molecule has 5 nitrogen and oxygen atoms in total. The standard InChI is InChI=1S/C11H17NO4/c1-11(2,3)16-10(14)12-5-4-7-8(12)6-15-9(7)13/h7-8H,4-6H2,1-3H3. The Balaban J connectivity index is 2.01. The molecule has 2 atom stereocenters. The van der Waals surface area contributed by atoms with Gasteiger partial charge in [0.2, 0.25) is 0 Å². The minimum absolute atomic E-state index is 0.123. The lowest BCUT2D eigenvalue weighted by atomic mass is 10.0. The largest absolute Gasteiger partial charge is 0.463 e. The number of nitrogens with zero attached hydrogens (tertiary/aromatic N) is 1. The summed E-state index contributed by atoms with van der Waals surface area (Å²) in [5.74, 6) is -0.330. The van der Waals surface area contributed by atoms with E-state index in [4.69, 9.17) is 9.47 Å². The summed E-state index contributed by atoms with van der Waals surface area (Å²) in [6.07, 6.45) is 0.334. The van der Waals surface area contributed by atoms with Crippen LogP contribution in [0, 0.1) is 5.92 Å². The SMILES string of the molecule is CC(C)(C)OC(=O)N1CCC2C(=O)OCC21. The fourth-order valence-corrected chi connectivity index (χ4v) is 2.16. The second kappa shape index (κ2) is 3.64. The van der Waals surface area contributed by atoms with Crippen LogP contribution in [-0.2, 0) is 14.3 Å². The molecule has 0 N–H and O–H groups in total. The van der Waals surface area contributed by atoms with E-state index >= 15 is 0 Å². The number of carbonyl (C=O) groups excluding carboxylic acids is 2. The van der Waals surface area contributed by atoms with Crippen molar-refractivity contribution in [2.75, 3.05) is 13.2 Å². The molecule has 0 aromatic carbocycles. The first-order valence-electron chi connectivity index (χ1n) is 5.55. The van der Waals surface area contributed by atoms with Crippen LogP contribution in [0.25, 0.3) is 0 Å². The van der Waals surface area contributed by atoms with Crippen LogP contribution < -0.4 is 0 Å². The van der Waals surface area contributed by atoms with Crippen molar-refractivity contribution >= 4 is 12.1 Å². The van der Waals surface area contributed by atoms with Crippen molar-refractivity contribution in [1.29, 1.82) is 0 Å². The summed E-state index contributed by atoms with van der Waals surface area (Å²) in [5.41, 5.74) is -0.501. The highest BCUT2D eigenvalue weighted by molar-refractivity contribution is 5.79. The summed E-state index contributed by atoms with van der Waals surface area (Å²) in [5, 5.41) is 0. The number of amides is 1. The lowest BCUT2D eigenvalue weighted by molar-refractivity contribution is -0.141. The summed E-state index contributed by atoms with van der Waals surface area (Å²) in [4.78, 5) is 24.8. The highest BCUT2D eigenvalue weighted by atomic mass is 16.6. The third kappa shape index (κ3) is 1.99. The molecule has 2 saturated heterocycles. The average Bonchev–Trinajstić information content (AvgIpc) is 2.66. The number of cyclic esters (lactones) is 1. The van der Waals surface area contributed by atoms with Gasteiger partial charge in [-0.2, -0.15) is 0 Å². The Hall–Kier alpha value is -1.26. The van der Waals surface area contributed by atoms with E-state index in [9.17, 15) is 9.59 Å². The molecule has 2 aliphatic rings. The van der Waals surface area contributed by atoms with Crippen LogP contribution in [0.5, 0.6) is 0 Å². The molecule has 2 aliphatic heterocycles. The fraction of sp³-hybridized carbons (Fsp3) is 0.818. The number of carbonyl (C=O) groups is 2. The molecule has 0 radical (unpaired) electrons. The van der Waals surface area contributed by atoms with Crippen molar-refractivity contribution in [2.45, 2.75) is 38.8 Å². The van der Waals surface area contributed by atoms with Gasteiger partial charge in [-0.25, -0.2) is 4.79 Å². The highest BCUT2D eigenvalue weighted by Crippen LogP contribution is 2.31. The van der Waals surface area contributed by atoms with Crippen LogP contribution >= 0.6 is 0 Å². The fourth-order valence-electron chi connectivity index (χ4n) is 2.16. The maximum absolute atomic E-state index is 11.8. The zero-order valence-electron chi connectivity index (χ0n) is 9.86. The molecule has 16 heavy (non-hydrogen) atoms. The molecule has 0 saturated carbocycles. The molecule has 0 spiro atoms. The van der Waals surface area contributed by atoms with Gasteiger partial charge in [-0.3, -0.25) is 4.79 Å². The van der Waals surface area contributed by atoms with E-state index < -0.39 is 5.60 Å². The van der Waals surface area contributed by atoms with Crippen LogP contribution in [0.3, 0.4) is 0 Å². The predicted molar refractivity (Wildman–Crippen MR) is 55.8 cm³/mol. The maximum atomic E-state index is 11.8. The Bertz CT molecular complexity index is 320. The van der Waals surface area contributed by atoms with E-state index in [0.29, 0.717) is 19.6 Å². The third-order valence-electron chi connectivity index (χ3n) is 2.87. The van der Waals surface area contributed by atoms with Gasteiger partial charge in [0, 0.05) is 6.54 Å². The van der Waals surface area contributed by atoms with Crippen LogP contribution in [0.15, 0.2) is 0 Å². The first kappa shape index (κ1) is 11.2. The zero-order valence-corrected chi connectivity index (χ0v) is 9.86. The number of hydrogen-bond acceptors (Lipinski definition) is 4. The Kier molecular flexibility index (Phi) is 2.56. The van der Waals surface area contributed by atoms with E-state index in [1.807, 2.05) is 20.8 Å². The molecule has 0 aromatic heterocycles. The Morgan fingerprint density at radius 1 is 1.50 bits per heavy atom. The van der Waals surface area contributed by atoms with Gasteiger partial charge in [0.1, 0.15) is 12.2 Å². The third-order valence-corrected chi connectivity index (χ3v) is 2.87. The van der Waals surface area contributed by atoms with Crippen molar-refractivity contribution in [3.8, 4) is 0 Å². The predicted octanol–water partition coefficient (Wildman–Crippen LogP) is 1.17. The quantitative estimate of drug-likeness (QED) is 0.583. The van der Waals surface area contributed by atoms with Gasteiger partial charge in [0.25, 0.3) is 0 Å². The van der Waals surface area contributed by atoms with Crippen LogP contribution in [0.2, 0.25) is 0 Å². The number of esters is 1. The first-order valence-corrected chi connectivity index (χ1v) is 5.55.